The molecule has 2 atom stereocenters. The van der Waals surface area contributed by atoms with Crippen LogP contribution in [0.5, 0.6) is 5.75 Å². The van der Waals surface area contributed by atoms with E-state index in [0.29, 0.717) is 17.1 Å². The summed E-state index contributed by atoms with van der Waals surface area (Å²) in [4.78, 5) is 0. The molecule has 0 aliphatic heterocycles. The normalized spacial score (nSPS) is 14.2. The summed E-state index contributed by atoms with van der Waals surface area (Å²) < 4.78 is 24.6. The lowest BCUT2D eigenvalue weighted by molar-refractivity contribution is 0.151. The third kappa shape index (κ3) is 3.15. The molecule has 0 aliphatic carbocycles. The lowest BCUT2D eigenvalue weighted by Crippen LogP contribution is -2.28. The Labute approximate surface area is 112 Å². The molecule has 4 heteroatoms. The summed E-state index contributed by atoms with van der Waals surface area (Å²) in [5.41, 5.74) is 6.47. The van der Waals surface area contributed by atoms with Crippen LogP contribution in [-0.2, 0) is 0 Å². The van der Waals surface area contributed by atoms with Crippen molar-refractivity contribution in [1.82, 2.24) is 0 Å². The second-order valence-electron chi connectivity index (χ2n) is 4.76. The lowest BCUT2D eigenvalue weighted by atomic mass is 10.1. The minimum absolute atomic E-state index is 0.240. The van der Waals surface area contributed by atoms with Gasteiger partial charge >= 0.3 is 0 Å². The monoisotopic (exact) mass is 263 g/mol. The van der Waals surface area contributed by atoms with Crippen LogP contribution in [0.3, 0.4) is 0 Å². The highest BCUT2D eigenvalue weighted by Gasteiger charge is 2.21. The van der Waals surface area contributed by atoms with Crippen LogP contribution in [0, 0.1) is 19.7 Å². The quantitative estimate of drug-likeness (QED) is 0.918. The predicted octanol–water partition coefficient (Wildman–Crippen LogP) is 3.50. The molecule has 2 unspecified atom stereocenters. The van der Waals surface area contributed by atoms with E-state index in [1.807, 2.05) is 26.0 Å². The first kappa shape index (κ1) is 13.6. The fourth-order valence-corrected chi connectivity index (χ4v) is 1.87. The molecule has 0 saturated carbocycles. The third-order valence-corrected chi connectivity index (χ3v) is 2.91. The number of aryl methyl sites for hydroxylation is 2. The van der Waals surface area contributed by atoms with Gasteiger partial charge in [0.2, 0.25) is 0 Å². The van der Waals surface area contributed by atoms with Gasteiger partial charge in [-0.05, 0) is 56.7 Å². The molecule has 102 valence electrons. The minimum Gasteiger partial charge on any atom is -0.481 e. The molecule has 19 heavy (non-hydrogen) atoms. The minimum atomic E-state index is -0.390. The van der Waals surface area contributed by atoms with Gasteiger partial charge in [0.05, 0.1) is 0 Å². The Morgan fingerprint density at radius 2 is 1.95 bits per heavy atom. The van der Waals surface area contributed by atoms with Crippen LogP contribution in [0.2, 0.25) is 0 Å². The van der Waals surface area contributed by atoms with Crippen LogP contribution >= 0.6 is 0 Å². The van der Waals surface area contributed by atoms with Crippen LogP contribution in [0.25, 0.3) is 0 Å². The number of hydrogen-bond acceptors (Lipinski definition) is 3. The Morgan fingerprint density at radius 1 is 1.21 bits per heavy atom. The summed E-state index contributed by atoms with van der Waals surface area (Å²) in [6.07, 6.45) is -0.390. The molecule has 0 aliphatic rings. The highest BCUT2D eigenvalue weighted by molar-refractivity contribution is 5.29. The number of furan rings is 1. The van der Waals surface area contributed by atoms with Gasteiger partial charge in [0.1, 0.15) is 23.1 Å². The van der Waals surface area contributed by atoms with Crippen molar-refractivity contribution < 1.29 is 13.5 Å². The van der Waals surface area contributed by atoms with Crippen LogP contribution in [-0.4, -0.2) is 6.04 Å². The van der Waals surface area contributed by atoms with Crippen molar-refractivity contribution >= 4 is 0 Å². The van der Waals surface area contributed by atoms with E-state index in [1.165, 1.54) is 6.07 Å². The topological polar surface area (TPSA) is 48.4 Å². The summed E-state index contributed by atoms with van der Waals surface area (Å²) in [6, 6.07) is 8.10. The molecule has 0 spiro atoms. The first-order valence-electron chi connectivity index (χ1n) is 6.22. The van der Waals surface area contributed by atoms with Crippen LogP contribution in [0.15, 0.2) is 34.7 Å². The molecule has 3 nitrogen and oxygen atoms in total. The molecule has 0 saturated heterocycles. The fraction of sp³-hybridized carbons (Fsp3) is 0.333. The average molecular weight is 263 g/mol. The van der Waals surface area contributed by atoms with Gasteiger partial charge in [-0.2, -0.15) is 0 Å². The summed E-state index contributed by atoms with van der Waals surface area (Å²) in [5.74, 6) is 1.81. The van der Waals surface area contributed by atoms with Crippen molar-refractivity contribution in [2.45, 2.75) is 32.9 Å². The van der Waals surface area contributed by atoms with Crippen molar-refractivity contribution in [2.24, 2.45) is 5.73 Å². The lowest BCUT2D eigenvalue weighted by Gasteiger charge is -2.20. The molecule has 1 aromatic heterocycles. The first-order chi connectivity index (χ1) is 8.97. The fourth-order valence-electron chi connectivity index (χ4n) is 1.87. The maximum absolute atomic E-state index is 13.2. The van der Waals surface area contributed by atoms with E-state index in [4.69, 9.17) is 14.9 Å². The van der Waals surface area contributed by atoms with Crippen molar-refractivity contribution in [2.75, 3.05) is 0 Å². The zero-order valence-electron chi connectivity index (χ0n) is 11.3. The molecular formula is C15H18FNO2. The smallest absolute Gasteiger partial charge is 0.171 e. The largest absolute Gasteiger partial charge is 0.481 e. The Balaban J connectivity index is 2.23. The zero-order chi connectivity index (χ0) is 14.0. The zero-order valence-corrected chi connectivity index (χ0v) is 11.3. The highest BCUT2D eigenvalue weighted by Crippen LogP contribution is 2.26. The Bertz CT molecular complexity index is 563. The Kier molecular flexibility index (Phi) is 3.90. The SMILES string of the molecule is Cc1ccc(C(Oc2ccc(F)c(C)c2)C(C)N)o1. The van der Waals surface area contributed by atoms with E-state index in [2.05, 4.69) is 0 Å². The van der Waals surface area contributed by atoms with Gasteiger partial charge in [0.15, 0.2) is 6.10 Å². The number of rotatable bonds is 4. The summed E-state index contributed by atoms with van der Waals surface area (Å²) >= 11 is 0. The molecular weight excluding hydrogens is 245 g/mol. The standard InChI is InChI=1S/C15H18FNO2/c1-9-8-12(5-6-13(9)16)19-15(11(3)17)14-7-4-10(2)18-14/h4-8,11,15H,17H2,1-3H3. The van der Waals surface area contributed by atoms with E-state index in [-0.39, 0.29) is 11.9 Å². The van der Waals surface area contributed by atoms with Gasteiger partial charge in [-0.25, -0.2) is 4.39 Å². The van der Waals surface area contributed by atoms with E-state index >= 15 is 0 Å². The maximum Gasteiger partial charge on any atom is 0.171 e. The molecule has 1 heterocycles. The summed E-state index contributed by atoms with van der Waals surface area (Å²) in [7, 11) is 0. The molecule has 0 amide bonds. The number of ether oxygens (including phenoxy) is 1. The Hall–Kier alpha value is -1.81. The predicted molar refractivity (Wildman–Crippen MR) is 71.6 cm³/mol. The molecule has 0 fully saturated rings. The van der Waals surface area contributed by atoms with Gasteiger partial charge in [-0.1, -0.05) is 0 Å². The van der Waals surface area contributed by atoms with Gasteiger partial charge in [0.25, 0.3) is 0 Å². The van der Waals surface area contributed by atoms with Crippen LogP contribution in [0.1, 0.15) is 30.1 Å². The van der Waals surface area contributed by atoms with Crippen molar-refractivity contribution in [3.05, 3.63) is 53.2 Å². The number of halogens is 1. The van der Waals surface area contributed by atoms with E-state index in [1.54, 1.807) is 19.1 Å². The average Bonchev–Trinajstić information content (AvgIpc) is 2.76. The summed E-state index contributed by atoms with van der Waals surface area (Å²) in [6.45, 7) is 5.41. The Morgan fingerprint density at radius 3 is 2.47 bits per heavy atom. The highest BCUT2D eigenvalue weighted by atomic mass is 19.1. The second kappa shape index (κ2) is 5.45. The molecule has 2 rings (SSSR count). The molecule has 2 N–H and O–H groups in total. The molecule has 0 radical (unpaired) electrons. The van der Waals surface area contributed by atoms with E-state index in [0.717, 1.165) is 5.76 Å². The first-order valence-corrected chi connectivity index (χ1v) is 6.22. The van der Waals surface area contributed by atoms with Crippen LogP contribution in [0.4, 0.5) is 4.39 Å². The van der Waals surface area contributed by atoms with E-state index in [9.17, 15) is 4.39 Å². The number of nitrogens with two attached hydrogens (primary N) is 1. The maximum atomic E-state index is 13.2. The van der Waals surface area contributed by atoms with Gasteiger partial charge in [-0.3, -0.25) is 0 Å². The van der Waals surface area contributed by atoms with E-state index < -0.39 is 6.10 Å². The summed E-state index contributed by atoms with van der Waals surface area (Å²) in [5, 5.41) is 0. The number of benzene rings is 1. The van der Waals surface area contributed by atoms with Gasteiger partial charge in [0, 0.05) is 6.04 Å². The third-order valence-electron chi connectivity index (χ3n) is 2.91. The van der Waals surface area contributed by atoms with Gasteiger partial charge in [-0.15, -0.1) is 0 Å². The van der Waals surface area contributed by atoms with Crippen molar-refractivity contribution in [3.63, 3.8) is 0 Å². The van der Waals surface area contributed by atoms with Gasteiger partial charge < -0.3 is 14.9 Å². The second-order valence-corrected chi connectivity index (χ2v) is 4.76. The van der Waals surface area contributed by atoms with Crippen molar-refractivity contribution in [1.29, 1.82) is 0 Å². The molecule has 0 bridgehead atoms. The molecule has 1 aromatic carbocycles. The van der Waals surface area contributed by atoms with Crippen molar-refractivity contribution in [3.8, 4) is 5.75 Å². The number of hydrogen-bond donors (Lipinski definition) is 1. The molecule has 2 aromatic rings. The van der Waals surface area contributed by atoms with Crippen LogP contribution < -0.4 is 10.5 Å².